The zero-order valence-electron chi connectivity index (χ0n) is 19.6. The van der Waals surface area contributed by atoms with Crippen LogP contribution in [0.15, 0.2) is 42.5 Å². The zero-order chi connectivity index (χ0) is 24.2. The molecule has 4 rings (SSSR count). The number of rotatable bonds is 7. The smallest absolute Gasteiger partial charge is 0.356 e. The number of esters is 1. The first kappa shape index (κ1) is 23.6. The van der Waals surface area contributed by atoms with Crippen LogP contribution in [0, 0.1) is 5.82 Å². The zero-order valence-corrected chi connectivity index (χ0v) is 19.6. The predicted molar refractivity (Wildman–Crippen MR) is 129 cm³/mol. The number of anilines is 2. The summed E-state index contributed by atoms with van der Waals surface area (Å²) in [4.78, 5) is 32.9. The van der Waals surface area contributed by atoms with E-state index in [1.807, 2.05) is 31.2 Å². The average Bonchev–Trinajstić information content (AvgIpc) is 3.21. The number of carbonyl (C=O) groups is 2. The highest BCUT2D eigenvalue weighted by atomic mass is 19.1. The lowest BCUT2D eigenvalue weighted by Gasteiger charge is -2.38. The molecule has 0 unspecified atom stereocenters. The van der Waals surface area contributed by atoms with Gasteiger partial charge >= 0.3 is 5.97 Å². The van der Waals surface area contributed by atoms with Crippen molar-refractivity contribution in [2.45, 2.75) is 19.9 Å². The largest absolute Gasteiger partial charge is 0.495 e. The molecular formula is C25H29FN4O4. The summed E-state index contributed by atoms with van der Waals surface area (Å²) in [6.45, 7) is 6.55. The standard InChI is InChI=1S/C25H29FN4O4/c1-4-34-25(32)23-22(18-15-17(26)9-10-19(18)27-23)28-24(31)16(2)29-11-13-30(14-12-29)20-7-5-6-8-21(20)33-3/h5-10,15-16,27H,4,11-14H2,1-3H3,(H,28,31)/t16-/m1/s1. The highest BCUT2D eigenvalue weighted by Crippen LogP contribution is 2.31. The van der Waals surface area contributed by atoms with Crippen LogP contribution in [-0.4, -0.2) is 67.7 Å². The third-order valence-corrected chi connectivity index (χ3v) is 6.16. The van der Waals surface area contributed by atoms with E-state index >= 15 is 0 Å². The van der Waals surface area contributed by atoms with E-state index in [4.69, 9.17) is 9.47 Å². The number of ether oxygens (including phenoxy) is 2. The highest BCUT2D eigenvalue weighted by Gasteiger charge is 2.29. The van der Waals surface area contributed by atoms with E-state index in [0.29, 0.717) is 24.0 Å². The number of hydrogen-bond donors (Lipinski definition) is 2. The number of methoxy groups -OCH3 is 1. The van der Waals surface area contributed by atoms with Gasteiger partial charge in [-0.2, -0.15) is 0 Å². The molecule has 180 valence electrons. The van der Waals surface area contributed by atoms with Gasteiger partial charge in [-0.25, -0.2) is 9.18 Å². The molecule has 1 atom stereocenters. The molecular weight excluding hydrogens is 439 g/mol. The van der Waals surface area contributed by atoms with E-state index in [1.54, 1.807) is 14.0 Å². The molecule has 34 heavy (non-hydrogen) atoms. The number of aromatic nitrogens is 1. The van der Waals surface area contributed by atoms with Crippen molar-refractivity contribution >= 4 is 34.2 Å². The Morgan fingerprint density at radius 3 is 2.59 bits per heavy atom. The molecule has 0 spiro atoms. The van der Waals surface area contributed by atoms with Gasteiger partial charge in [0.15, 0.2) is 0 Å². The second-order valence-corrected chi connectivity index (χ2v) is 8.15. The van der Waals surface area contributed by atoms with Crippen LogP contribution < -0.4 is 15.0 Å². The van der Waals surface area contributed by atoms with Crippen LogP contribution in [0.25, 0.3) is 10.9 Å². The van der Waals surface area contributed by atoms with E-state index in [-0.39, 0.29) is 23.9 Å². The molecule has 2 heterocycles. The van der Waals surface area contributed by atoms with Gasteiger partial charge in [-0.1, -0.05) is 12.1 Å². The van der Waals surface area contributed by atoms with Crippen molar-refractivity contribution in [3.8, 4) is 5.75 Å². The number of nitrogens with zero attached hydrogens (tertiary/aromatic N) is 2. The maximum absolute atomic E-state index is 13.9. The minimum absolute atomic E-state index is 0.101. The van der Waals surface area contributed by atoms with Gasteiger partial charge in [0.25, 0.3) is 0 Å². The molecule has 3 aromatic rings. The Labute approximate surface area is 197 Å². The van der Waals surface area contributed by atoms with E-state index in [1.165, 1.54) is 18.2 Å². The number of hydrogen-bond acceptors (Lipinski definition) is 6. The Balaban J connectivity index is 1.48. The second kappa shape index (κ2) is 10.1. The first-order valence-electron chi connectivity index (χ1n) is 11.3. The molecule has 1 aliphatic heterocycles. The molecule has 1 aliphatic rings. The fraction of sp³-hybridized carbons (Fsp3) is 0.360. The van der Waals surface area contributed by atoms with E-state index in [0.717, 1.165) is 24.5 Å². The van der Waals surface area contributed by atoms with Gasteiger partial charge in [0.1, 0.15) is 17.3 Å². The molecule has 1 saturated heterocycles. The third kappa shape index (κ3) is 4.70. The van der Waals surface area contributed by atoms with Crippen molar-refractivity contribution < 1.29 is 23.5 Å². The van der Waals surface area contributed by atoms with Crippen LogP contribution in [0.5, 0.6) is 5.75 Å². The Bertz CT molecular complexity index is 1190. The Hall–Kier alpha value is -3.59. The summed E-state index contributed by atoms with van der Waals surface area (Å²) in [6, 6.07) is 11.5. The first-order chi connectivity index (χ1) is 16.4. The lowest BCUT2D eigenvalue weighted by molar-refractivity contribution is -0.120. The SMILES string of the molecule is CCOC(=O)c1[nH]c2ccc(F)cc2c1NC(=O)[C@@H](C)N1CCN(c2ccccc2OC)CC1. The lowest BCUT2D eigenvalue weighted by atomic mass is 10.1. The van der Waals surface area contributed by atoms with E-state index in [2.05, 4.69) is 20.1 Å². The fourth-order valence-corrected chi connectivity index (χ4v) is 4.28. The summed E-state index contributed by atoms with van der Waals surface area (Å²) in [5.74, 6) is -0.522. The summed E-state index contributed by atoms with van der Waals surface area (Å²) >= 11 is 0. The van der Waals surface area contributed by atoms with Crippen molar-refractivity contribution in [2.24, 2.45) is 0 Å². The fourth-order valence-electron chi connectivity index (χ4n) is 4.28. The summed E-state index contributed by atoms with van der Waals surface area (Å²) in [7, 11) is 1.66. The van der Waals surface area contributed by atoms with Crippen molar-refractivity contribution in [3.63, 3.8) is 0 Å². The van der Waals surface area contributed by atoms with Crippen LogP contribution >= 0.6 is 0 Å². The number of carbonyl (C=O) groups excluding carboxylic acids is 2. The van der Waals surface area contributed by atoms with Crippen molar-refractivity contribution in [2.75, 3.05) is 50.1 Å². The number of halogens is 1. The van der Waals surface area contributed by atoms with Gasteiger partial charge in [0.2, 0.25) is 5.91 Å². The third-order valence-electron chi connectivity index (χ3n) is 6.16. The van der Waals surface area contributed by atoms with E-state index in [9.17, 15) is 14.0 Å². The number of para-hydroxylation sites is 2. The number of aromatic amines is 1. The van der Waals surface area contributed by atoms with Gasteiger partial charge in [0.05, 0.1) is 31.1 Å². The summed E-state index contributed by atoms with van der Waals surface area (Å²) in [5.41, 5.74) is 1.90. The number of amides is 1. The van der Waals surface area contributed by atoms with Gasteiger partial charge in [-0.05, 0) is 44.2 Å². The molecule has 1 aromatic heterocycles. The van der Waals surface area contributed by atoms with Crippen LogP contribution in [0.2, 0.25) is 0 Å². The molecule has 0 radical (unpaired) electrons. The van der Waals surface area contributed by atoms with Crippen molar-refractivity contribution in [3.05, 3.63) is 54.0 Å². The predicted octanol–water partition coefficient (Wildman–Crippen LogP) is 3.64. The Kier molecular flexibility index (Phi) is 7.02. The second-order valence-electron chi connectivity index (χ2n) is 8.15. The minimum Gasteiger partial charge on any atom is -0.495 e. The van der Waals surface area contributed by atoms with Crippen LogP contribution in [-0.2, 0) is 9.53 Å². The normalized spacial score (nSPS) is 15.2. The molecule has 2 N–H and O–H groups in total. The molecule has 9 heteroatoms. The number of piperazine rings is 1. The van der Waals surface area contributed by atoms with Gasteiger partial charge < -0.3 is 24.7 Å². The minimum atomic E-state index is -0.604. The monoisotopic (exact) mass is 468 g/mol. The Morgan fingerprint density at radius 2 is 1.88 bits per heavy atom. The Morgan fingerprint density at radius 1 is 1.15 bits per heavy atom. The summed E-state index contributed by atoms with van der Waals surface area (Å²) in [5, 5.41) is 3.27. The van der Waals surface area contributed by atoms with Crippen LogP contribution in [0.3, 0.4) is 0 Å². The maximum atomic E-state index is 13.9. The lowest BCUT2D eigenvalue weighted by Crippen LogP contribution is -2.53. The quantitative estimate of drug-likeness (QED) is 0.515. The first-order valence-corrected chi connectivity index (χ1v) is 11.3. The molecule has 1 fully saturated rings. The van der Waals surface area contributed by atoms with E-state index < -0.39 is 17.8 Å². The van der Waals surface area contributed by atoms with Crippen molar-refractivity contribution in [1.29, 1.82) is 0 Å². The van der Waals surface area contributed by atoms with Gasteiger partial charge in [-0.3, -0.25) is 9.69 Å². The number of H-pyrrole nitrogens is 1. The van der Waals surface area contributed by atoms with Crippen LogP contribution in [0.4, 0.5) is 15.8 Å². The van der Waals surface area contributed by atoms with Gasteiger partial charge in [0, 0.05) is 37.1 Å². The molecule has 0 aliphatic carbocycles. The van der Waals surface area contributed by atoms with Crippen LogP contribution in [0.1, 0.15) is 24.3 Å². The summed E-state index contributed by atoms with van der Waals surface area (Å²) in [6.07, 6.45) is 0. The average molecular weight is 469 g/mol. The topological polar surface area (TPSA) is 86.9 Å². The molecule has 2 aromatic carbocycles. The summed E-state index contributed by atoms with van der Waals surface area (Å²) < 4.78 is 24.5. The van der Waals surface area contributed by atoms with Crippen molar-refractivity contribution in [1.82, 2.24) is 9.88 Å². The number of nitrogens with one attached hydrogen (secondary N) is 2. The highest BCUT2D eigenvalue weighted by molar-refractivity contribution is 6.11. The number of benzene rings is 2. The molecule has 0 bridgehead atoms. The molecule has 1 amide bonds. The van der Waals surface area contributed by atoms with Gasteiger partial charge in [-0.15, -0.1) is 0 Å². The molecule has 8 nitrogen and oxygen atoms in total. The maximum Gasteiger partial charge on any atom is 0.356 e. The number of fused-ring (bicyclic) bond motifs is 1. The molecule has 0 saturated carbocycles.